The first-order chi connectivity index (χ1) is 18.6. The van der Waals surface area contributed by atoms with Gasteiger partial charge in [-0.25, -0.2) is 4.79 Å². The lowest BCUT2D eigenvalue weighted by molar-refractivity contribution is 0.0972. The third kappa shape index (κ3) is 7.65. The number of anilines is 1. The number of hydrogen-bond donors (Lipinski definition) is 2. The molecule has 0 aliphatic carbocycles. The van der Waals surface area contributed by atoms with Crippen molar-refractivity contribution in [3.8, 4) is 11.5 Å². The van der Waals surface area contributed by atoms with Crippen LogP contribution in [0.15, 0.2) is 78.9 Å². The highest BCUT2D eigenvalue weighted by atomic mass is 16.5. The van der Waals surface area contributed by atoms with Crippen LogP contribution in [0, 0.1) is 0 Å². The third-order valence-corrected chi connectivity index (χ3v) is 7.24. The molecule has 0 saturated carbocycles. The average molecular weight is 518 g/mol. The minimum absolute atomic E-state index is 0.0294. The Balaban J connectivity index is 1.39. The normalized spacial score (nSPS) is 17.3. The predicted octanol–water partition coefficient (Wildman–Crippen LogP) is 6.11. The molecule has 1 saturated heterocycles. The number of piperidine rings is 1. The van der Waals surface area contributed by atoms with Gasteiger partial charge < -0.3 is 24.8 Å². The number of carbonyl (C=O) groups is 1. The Morgan fingerprint density at radius 1 is 0.974 bits per heavy atom. The summed E-state index contributed by atoms with van der Waals surface area (Å²) >= 11 is 0. The van der Waals surface area contributed by atoms with Crippen LogP contribution in [0.25, 0.3) is 0 Å². The van der Waals surface area contributed by atoms with Gasteiger partial charge in [-0.2, -0.15) is 0 Å². The van der Waals surface area contributed by atoms with E-state index in [1.54, 1.807) is 19.1 Å². The van der Waals surface area contributed by atoms with E-state index in [1.165, 1.54) is 11.1 Å². The van der Waals surface area contributed by atoms with Gasteiger partial charge in [-0.3, -0.25) is 4.90 Å². The molecule has 0 radical (unpaired) electrons. The number of methoxy groups -OCH3 is 2. The highest BCUT2D eigenvalue weighted by Crippen LogP contribution is 2.32. The van der Waals surface area contributed by atoms with Crippen molar-refractivity contribution in [2.45, 2.75) is 50.9 Å². The smallest absolute Gasteiger partial charge is 0.407 e. The second-order valence-electron chi connectivity index (χ2n) is 9.89. The number of likely N-dealkylation sites (tertiary alicyclic amines) is 1. The molecule has 1 fully saturated rings. The Morgan fingerprint density at radius 3 is 2.21 bits per heavy atom. The number of nitrogens with zero attached hydrogens (tertiary/aromatic N) is 2. The molecule has 3 aromatic rings. The van der Waals surface area contributed by atoms with Crippen LogP contribution in [-0.2, 0) is 13.1 Å². The van der Waals surface area contributed by atoms with Crippen molar-refractivity contribution in [1.82, 2.24) is 9.80 Å². The molecule has 2 atom stereocenters. The van der Waals surface area contributed by atoms with E-state index in [0.717, 1.165) is 62.5 Å². The van der Waals surface area contributed by atoms with Crippen molar-refractivity contribution in [2.24, 2.45) is 0 Å². The Hall–Kier alpha value is -3.71. The molecule has 1 aliphatic rings. The first-order valence-electron chi connectivity index (χ1n) is 13.3. The van der Waals surface area contributed by atoms with Crippen molar-refractivity contribution in [1.29, 1.82) is 0 Å². The standard InChI is InChI=1S/C31H39N3O4/c1-37-28-15-16-29(30(21-28)38-2)32-26-17-19-34(31(35)36)27(20-26)14-9-18-33(22-24-10-5-3-6-11-24)23-25-12-7-4-8-13-25/h3-8,10-13,15-16,21,26-27,32H,9,14,17-20,22-23H2,1-2H3,(H,35,36)/t26?,27-/m0/s1. The van der Waals surface area contributed by atoms with E-state index in [1.807, 2.05) is 30.3 Å². The highest BCUT2D eigenvalue weighted by molar-refractivity contribution is 5.66. The molecule has 0 aromatic heterocycles. The van der Waals surface area contributed by atoms with Crippen LogP contribution in [0.1, 0.15) is 36.8 Å². The molecule has 0 spiro atoms. The fourth-order valence-corrected chi connectivity index (χ4v) is 5.29. The van der Waals surface area contributed by atoms with E-state index < -0.39 is 6.09 Å². The molecule has 7 nitrogen and oxygen atoms in total. The Kier molecular flexibility index (Phi) is 9.87. The Labute approximate surface area is 226 Å². The summed E-state index contributed by atoms with van der Waals surface area (Å²) in [5.41, 5.74) is 3.47. The lowest BCUT2D eigenvalue weighted by atomic mass is 9.93. The van der Waals surface area contributed by atoms with Gasteiger partial charge in [0.2, 0.25) is 0 Å². The average Bonchev–Trinajstić information content (AvgIpc) is 2.94. The topological polar surface area (TPSA) is 74.3 Å². The number of nitrogens with one attached hydrogen (secondary N) is 1. The lowest BCUT2D eigenvalue weighted by Gasteiger charge is -2.39. The molecule has 7 heteroatoms. The number of benzene rings is 3. The van der Waals surface area contributed by atoms with Gasteiger partial charge in [-0.15, -0.1) is 0 Å². The maximum Gasteiger partial charge on any atom is 0.407 e. The summed E-state index contributed by atoms with van der Waals surface area (Å²) in [5, 5.41) is 13.5. The largest absolute Gasteiger partial charge is 0.497 e. The summed E-state index contributed by atoms with van der Waals surface area (Å²) in [5.74, 6) is 1.46. The summed E-state index contributed by atoms with van der Waals surface area (Å²) in [4.78, 5) is 16.1. The van der Waals surface area contributed by atoms with Gasteiger partial charge in [0, 0.05) is 37.8 Å². The molecule has 2 N–H and O–H groups in total. The van der Waals surface area contributed by atoms with Gasteiger partial charge in [0.15, 0.2) is 0 Å². The first kappa shape index (κ1) is 27.3. The van der Waals surface area contributed by atoms with Gasteiger partial charge >= 0.3 is 6.09 Å². The molecule has 4 rings (SSSR count). The summed E-state index contributed by atoms with van der Waals surface area (Å²) in [6.45, 7) is 3.15. The SMILES string of the molecule is COc1ccc(NC2CCN(C(=O)O)[C@@H](CCCN(Cc3ccccc3)Cc3ccccc3)C2)c(OC)c1. The number of amides is 1. The van der Waals surface area contributed by atoms with Crippen LogP contribution in [0.5, 0.6) is 11.5 Å². The lowest BCUT2D eigenvalue weighted by Crippen LogP contribution is -2.49. The molecule has 1 unspecified atom stereocenters. The zero-order valence-electron chi connectivity index (χ0n) is 22.4. The van der Waals surface area contributed by atoms with Crippen LogP contribution < -0.4 is 14.8 Å². The van der Waals surface area contributed by atoms with Crippen LogP contribution in [0.2, 0.25) is 0 Å². The number of rotatable bonds is 12. The van der Waals surface area contributed by atoms with Gasteiger partial charge in [0.1, 0.15) is 11.5 Å². The molecule has 1 amide bonds. The second kappa shape index (κ2) is 13.7. The van der Waals surface area contributed by atoms with Gasteiger partial charge in [-0.1, -0.05) is 60.7 Å². The van der Waals surface area contributed by atoms with E-state index in [4.69, 9.17) is 9.47 Å². The van der Waals surface area contributed by atoms with E-state index in [-0.39, 0.29) is 12.1 Å². The summed E-state index contributed by atoms with van der Waals surface area (Å²) in [6.07, 6.45) is 2.43. The molecule has 202 valence electrons. The van der Waals surface area contributed by atoms with Crippen LogP contribution in [-0.4, -0.2) is 60.4 Å². The van der Waals surface area contributed by atoms with Crippen molar-refractivity contribution in [2.75, 3.05) is 32.6 Å². The summed E-state index contributed by atoms with van der Waals surface area (Å²) in [6, 6.07) is 26.9. The fourth-order valence-electron chi connectivity index (χ4n) is 5.29. The zero-order chi connectivity index (χ0) is 26.7. The Morgan fingerprint density at radius 2 is 1.63 bits per heavy atom. The minimum Gasteiger partial charge on any atom is -0.497 e. The summed E-state index contributed by atoms with van der Waals surface area (Å²) < 4.78 is 10.9. The molecule has 38 heavy (non-hydrogen) atoms. The van der Waals surface area contributed by atoms with E-state index >= 15 is 0 Å². The number of ether oxygens (including phenoxy) is 2. The zero-order valence-corrected chi connectivity index (χ0v) is 22.4. The third-order valence-electron chi connectivity index (χ3n) is 7.24. The molecular formula is C31H39N3O4. The first-order valence-corrected chi connectivity index (χ1v) is 13.3. The minimum atomic E-state index is -0.832. The van der Waals surface area contributed by atoms with Gasteiger partial charge in [-0.05, 0) is 55.5 Å². The van der Waals surface area contributed by atoms with Crippen molar-refractivity contribution in [3.63, 3.8) is 0 Å². The summed E-state index contributed by atoms with van der Waals surface area (Å²) in [7, 11) is 3.28. The Bertz CT molecular complexity index is 1100. The molecule has 3 aromatic carbocycles. The maximum absolute atomic E-state index is 12.0. The monoisotopic (exact) mass is 517 g/mol. The van der Waals surface area contributed by atoms with Crippen molar-refractivity contribution >= 4 is 11.8 Å². The molecular weight excluding hydrogens is 478 g/mol. The fraction of sp³-hybridized carbons (Fsp3) is 0.387. The van der Waals surface area contributed by atoms with E-state index in [2.05, 4.69) is 58.7 Å². The van der Waals surface area contributed by atoms with Crippen LogP contribution in [0.3, 0.4) is 0 Å². The van der Waals surface area contributed by atoms with Crippen molar-refractivity contribution < 1.29 is 19.4 Å². The quantitative estimate of drug-likeness (QED) is 0.302. The van der Waals surface area contributed by atoms with Gasteiger partial charge in [0.25, 0.3) is 0 Å². The highest BCUT2D eigenvalue weighted by Gasteiger charge is 2.31. The second-order valence-corrected chi connectivity index (χ2v) is 9.89. The molecule has 1 heterocycles. The van der Waals surface area contributed by atoms with Gasteiger partial charge in [0.05, 0.1) is 19.9 Å². The van der Waals surface area contributed by atoms with Crippen molar-refractivity contribution in [3.05, 3.63) is 90.0 Å². The predicted molar refractivity (Wildman–Crippen MR) is 151 cm³/mol. The number of carboxylic acid groups (broad SMARTS) is 1. The van der Waals surface area contributed by atoms with E-state index in [0.29, 0.717) is 6.54 Å². The van der Waals surface area contributed by atoms with Crippen LogP contribution >= 0.6 is 0 Å². The maximum atomic E-state index is 12.0. The van der Waals surface area contributed by atoms with E-state index in [9.17, 15) is 9.90 Å². The van der Waals surface area contributed by atoms with Crippen LogP contribution in [0.4, 0.5) is 10.5 Å². The number of hydrogen-bond acceptors (Lipinski definition) is 5. The molecule has 1 aliphatic heterocycles. The molecule has 0 bridgehead atoms.